The van der Waals surface area contributed by atoms with E-state index in [4.69, 9.17) is 1.41 Å². The number of anilines is 1. The quantitative estimate of drug-likeness (QED) is 0.840. The lowest BCUT2D eigenvalue weighted by atomic mass is 10.1. The number of aliphatic imine (C=N–C) groups is 1. The normalized spacial score (nSPS) is 18.4. The molecule has 3 rings (SSSR count). The largest absolute Gasteiger partial charge is 0.344 e. The molecule has 1 aromatic heterocycles. The van der Waals surface area contributed by atoms with Gasteiger partial charge in [0.05, 0.1) is 0 Å². The van der Waals surface area contributed by atoms with Gasteiger partial charge in [-0.3, -0.25) is 4.99 Å². The van der Waals surface area contributed by atoms with Gasteiger partial charge in [-0.25, -0.2) is 13.8 Å². The Labute approximate surface area is 104 Å². The van der Waals surface area contributed by atoms with Crippen molar-refractivity contribution in [1.82, 2.24) is 4.98 Å². The summed E-state index contributed by atoms with van der Waals surface area (Å²) in [7, 11) is 0. The second-order valence-corrected chi connectivity index (χ2v) is 3.86. The Kier molecular flexibility index (Phi) is 2.25. The maximum absolute atomic E-state index is 13.7. The van der Waals surface area contributed by atoms with E-state index in [1.807, 2.05) is 0 Å². The summed E-state index contributed by atoms with van der Waals surface area (Å²) in [5, 5.41) is 1.02. The van der Waals surface area contributed by atoms with Crippen LogP contribution in [0.1, 0.15) is 17.3 Å². The minimum Gasteiger partial charge on any atom is -0.344 e. The highest BCUT2D eigenvalue weighted by Crippen LogP contribution is 2.27. The molecule has 90 valence electrons. The molecule has 0 amide bonds. The Morgan fingerprint density at radius 3 is 3.00 bits per heavy atom. The van der Waals surface area contributed by atoms with Crippen LogP contribution in [-0.2, 0) is 0 Å². The average molecular weight is 246 g/mol. The Hall–Kier alpha value is -2.30. The number of fused-ring (bicyclic) bond motifs is 1. The van der Waals surface area contributed by atoms with Crippen molar-refractivity contribution in [2.45, 2.75) is 6.17 Å². The molecule has 1 aromatic carbocycles. The molecule has 1 unspecified atom stereocenters. The molecule has 1 atom stereocenters. The Bertz CT molecular complexity index is 660. The van der Waals surface area contributed by atoms with Crippen molar-refractivity contribution in [3.8, 4) is 0 Å². The predicted octanol–water partition coefficient (Wildman–Crippen LogP) is 2.90. The monoisotopic (exact) mass is 246 g/mol. The number of hydrogen-bond donors (Lipinski definition) is 1. The molecule has 0 radical (unpaired) electrons. The van der Waals surface area contributed by atoms with Crippen LogP contribution >= 0.6 is 0 Å². The molecule has 1 N–H and O–H groups in total. The fourth-order valence-corrected chi connectivity index (χ4v) is 1.78. The molecule has 0 saturated carbocycles. The van der Waals surface area contributed by atoms with Gasteiger partial charge in [-0.05, 0) is 24.3 Å². The Morgan fingerprint density at radius 2 is 2.17 bits per heavy atom. The van der Waals surface area contributed by atoms with Gasteiger partial charge in [0.1, 0.15) is 23.6 Å². The van der Waals surface area contributed by atoms with Gasteiger partial charge >= 0.3 is 0 Å². The van der Waals surface area contributed by atoms with Crippen LogP contribution in [0.5, 0.6) is 0 Å². The zero-order valence-corrected chi connectivity index (χ0v) is 9.22. The molecular weight excluding hydrogens is 236 g/mol. The van der Waals surface area contributed by atoms with Gasteiger partial charge in [0.25, 0.3) is 0 Å². The van der Waals surface area contributed by atoms with Crippen molar-refractivity contribution in [3.05, 3.63) is 59.3 Å². The first-order chi connectivity index (χ1) is 9.16. The van der Waals surface area contributed by atoms with Gasteiger partial charge in [-0.15, -0.1) is 0 Å². The third kappa shape index (κ3) is 1.84. The van der Waals surface area contributed by atoms with Crippen LogP contribution in [0.2, 0.25) is 1.41 Å². The van der Waals surface area contributed by atoms with E-state index in [1.54, 1.807) is 24.5 Å². The van der Waals surface area contributed by atoms with Crippen LogP contribution in [0.3, 0.4) is 0 Å². The number of aromatic nitrogens is 1. The summed E-state index contributed by atoms with van der Waals surface area (Å²) in [5.41, 5.74) is 0.834. The summed E-state index contributed by atoms with van der Waals surface area (Å²) in [6.45, 7) is 0. The van der Waals surface area contributed by atoms with Gasteiger partial charge in [0, 0.05) is 29.6 Å². The van der Waals surface area contributed by atoms with Crippen LogP contribution < -0.4 is 5.31 Å². The molecule has 1 aliphatic heterocycles. The van der Waals surface area contributed by atoms with Crippen molar-refractivity contribution >= 4 is 12.0 Å². The maximum atomic E-state index is 13.7. The summed E-state index contributed by atoms with van der Waals surface area (Å²) in [6, 6.07) is 6.73. The fraction of sp³-hybridized carbons (Fsp3) is 0.0769. The Morgan fingerprint density at radius 1 is 1.28 bits per heavy atom. The first-order valence-corrected chi connectivity index (χ1v) is 5.38. The van der Waals surface area contributed by atoms with Crippen molar-refractivity contribution in [3.63, 3.8) is 0 Å². The molecular formula is C13H9F2N3. The van der Waals surface area contributed by atoms with Gasteiger partial charge in [-0.1, -0.05) is 0 Å². The van der Waals surface area contributed by atoms with Crippen molar-refractivity contribution < 1.29 is 10.2 Å². The lowest BCUT2D eigenvalue weighted by Crippen LogP contribution is -2.16. The van der Waals surface area contributed by atoms with Crippen LogP contribution in [-0.4, -0.2) is 11.2 Å². The number of hydrogen-bond acceptors (Lipinski definition) is 3. The minimum absolute atomic E-state index is 0.143. The predicted molar refractivity (Wildman–Crippen MR) is 64.6 cm³/mol. The zero-order valence-electron chi connectivity index (χ0n) is 10.2. The van der Waals surface area contributed by atoms with Gasteiger partial charge in [0.15, 0.2) is 1.41 Å². The zero-order chi connectivity index (χ0) is 13.4. The molecule has 0 saturated heterocycles. The van der Waals surface area contributed by atoms with E-state index in [2.05, 4.69) is 9.98 Å². The van der Waals surface area contributed by atoms with E-state index in [1.165, 1.54) is 6.07 Å². The third-order valence-electron chi connectivity index (χ3n) is 2.66. The molecule has 3 nitrogen and oxygen atoms in total. The third-order valence-corrected chi connectivity index (χ3v) is 2.66. The standard InChI is InChI=1S/C13H9F2N3/c14-9-3-4-10(11(15)6-9)13-17-7-8-2-1-5-16-12(8)18-13/h1-7,13H,(H,16,18)/i/hD. The number of rotatable bonds is 1. The second-order valence-electron chi connectivity index (χ2n) is 3.86. The first-order valence-electron chi connectivity index (χ1n) is 5.83. The average Bonchev–Trinajstić information content (AvgIpc) is 2.41. The van der Waals surface area contributed by atoms with Gasteiger partial charge < -0.3 is 5.31 Å². The highest BCUT2D eigenvalue weighted by atomic mass is 19.1. The van der Waals surface area contributed by atoms with E-state index in [9.17, 15) is 8.78 Å². The van der Waals surface area contributed by atoms with Crippen LogP contribution in [0.4, 0.5) is 14.6 Å². The number of halogens is 2. The van der Waals surface area contributed by atoms with Crippen LogP contribution in [0.15, 0.2) is 41.5 Å². The summed E-state index contributed by atoms with van der Waals surface area (Å²) in [4.78, 5) is 8.20. The molecule has 2 aromatic rings. The Balaban J connectivity index is 2.05. The number of nitrogens with zero attached hydrogens (tertiary/aromatic N) is 2. The molecule has 5 heteroatoms. The van der Waals surface area contributed by atoms with E-state index >= 15 is 0 Å². The highest BCUT2D eigenvalue weighted by molar-refractivity contribution is 5.88. The summed E-state index contributed by atoms with van der Waals surface area (Å²) in [6.07, 6.45) is 2.24. The summed E-state index contributed by atoms with van der Waals surface area (Å²) >= 11 is 0. The molecule has 0 fully saturated rings. The molecule has 0 spiro atoms. The molecule has 0 aliphatic carbocycles. The SMILES string of the molecule is [2H]N1c2ncccc2C=NC1c1ccc(F)cc1F. The summed E-state index contributed by atoms with van der Waals surface area (Å²) in [5.74, 6) is -0.985. The van der Waals surface area contributed by atoms with Crippen LogP contribution in [0.25, 0.3) is 0 Å². The number of benzene rings is 1. The fourth-order valence-electron chi connectivity index (χ4n) is 1.78. The summed E-state index contributed by atoms with van der Waals surface area (Å²) < 4.78 is 34.6. The van der Waals surface area contributed by atoms with Crippen LogP contribution in [0, 0.1) is 11.6 Å². The smallest absolute Gasteiger partial charge is 0.164 e. The second kappa shape index (κ2) is 4.18. The van der Waals surface area contributed by atoms with Crippen molar-refractivity contribution in [2.24, 2.45) is 4.99 Å². The molecule has 18 heavy (non-hydrogen) atoms. The number of pyridine rings is 1. The first kappa shape index (κ1) is 9.70. The molecule has 2 heterocycles. The lowest BCUT2D eigenvalue weighted by molar-refractivity contribution is 0.563. The lowest BCUT2D eigenvalue weighted by Gasteiger charge is -2.21. The molecule has 1 aliphatic rings. The van der Waals surface area contributed by atoms with E-state index in [-0.39, 0.29) is 5.56 Å². The molecule has 0 bridgehead atoms. The van der Waals surface area contributed by atoms with E-state index < -0.39 is 17.8 Å². The van der Waals surface area contributed by atoms with Crippen molar-refractivity contribution in [1.29, 1.82) is 0 Å². The van der Waals surface area contributed by atoms with Crippen molar-refractivity contribution in [2.75, 3.05) is 5.31 Å². The van der Waals surface area contributed by atoms with Gasteiger partial charge in [-0.2, -0.15) is 0 Å². The van der Waals surface area contributed by atoms with Gasteiger partial charge in [0.2, 0.25) is 0 Å². The number of nitrogens with one attached hydrogen (secondary N) is 1. The minimum atomic E-state index is -0.858. The maximum Gasteiger partial charge on any atom is 0.164 e. The topological polar surface area (TPSA) is 37.3 Å². The van der Waals surface area contributed by atoms with E-state index in [0.29, 0.717) is 11.4 Å². The van der Waals surface area contributed by atoms with E-state index in [0.717, 1.165) is 17.4 Å². The highest BCUT2D eigenvalue weighted by Gasteiger charge is 2.19.